The number of alkyl carbamates (subject to hydrolysis) is 1. The molecule has 0 radical (unpaired) electrons. The van der Waals surface area contributed by atoms with Gasteiger partial charge in [0.2, 0.25) is 5.91 Å². The van der Waals surface area contributed by atoms with Crippen LogP contribution in [0.25, 0.3) is 11.1 Å². The summed E-state index contributed by atoms with van der Waals surface area (Å²) in [6, 6.07) is 16.2. The normalized spacial score (nSPS) is 19.8. The standard InChI is InChI=1S/C28H34N2O5/c1-2-8-19(26(31)30-20-10-7-9-18(15-20)27(32)33)16-29-28(34)35-17-25-23-13-5-3-11-21(23)22-12-4-6-14-24(22)25/h3-6,11-14,18-20,25H,2,7-10,15-17H2,1H3,(H,29,34)(H,30,31)(H,32,33). The van der Waals surface area contributed by atoms with Gasteiger partial charge in [-0.1, -0.05) is 68.3 Å². The summed E-state index contributed by atoms with van der Waals surface area (Å²) >= 11 is 0. The number of rotatable bonds is 9. The number of fused-ring (bicyclic) bond motifs is 3. The molecular weight excluding hydrogens is 444 g/mol. The first kappa shape index (κ1) is 24.8. The fourth-order valence-electron chi connectivity index (χ4n) is 5.39. The van der Waals surface area contributed by atoms with Crippen LogP contribution in [0.4, 0.5) is 4.79 Å². The predicted molar refractivity (Wildman–Crippen MR) is 133 cm³/mol. The molecule has 35 heavy (non-hydrogen) atoms. The van der Waals surface area contributed by atoms with E-state index in [2.05, 4.69) is 34.9 Å². The molecule has 0 heterocycles. The molecule has 1 fully saturated rings. The third-order valence-electron chi connectivity index (χ3n) is 7.21. The maximum atomic E-state index is 12.9. The van der Waals surface area contributed by atoms with Crippen molar-refractivity contribution in [3.63, 3.8) is 0 Å². The minimum atomic E-state index is -0.800. The molecule has 0 spiro atoms. The molecule has 2 aliphatic carbocycles. The van der Waals surface area contributed by atoms with Crippen LogP contribution in [0.2, 0.25) is 0 Å². The first-order valence-corrected chi connectivity index (χ1v) is 12.6. The minimum absolute atomic E-state index is 0.0173. The Labute approximate surface area is 206 Å². The van der Waals surface area contributed by atoms with Crippen LogP contribution in [-0.4, -0.2) is 42.3 Å². The van der Waals surface area contributed by atoms with Gasteiger partial charge in [-0.2, -0.15) is 0 Å². The minimum Gasteiger partial charge on any atom is -0.481 e. The van der Waals surface area contributed by atoms with Crippen LogP contribution >= 0.6 is 0 Å². The molecule has 7 nitrogen and oxygen atoms in total. The number of carboxylic acids is 1. The van der Waals surface area contributed by atoms with E-state index in [0.29, 0.717) is 19.3 Å². The topological polar surface area (TPSA) is 105 Å². The molecule has 2 aromatic rings. The van der Waals surface area contributed by atoms with Crippen LogP contribution in [0, 0.1) is 11.8 Å². The molecule has 1 saturated carbocycles. The van der Waals surface area contributed by atoms with Crippen molar-refractivity contribution < 1.29 is 24.2 Å². The third kappa shape index (κ3) is 5.84. The van der Waals surface area contributed by atoms with Crippen LogP contribution in [0.15, 0.2) is 48.5 Å². The van der Waals surface area contributed by atoms with Gasteiger partial charge in [0, 0.05) is 18.5 Å². The Morgan fingerprint density at radius 3 is 2.31 bits per heavy atom. The maximum Gasteiger partial charge on any atom is 0.407 e. The summed E-state index contributed by atoms with van der Waals surface area (Å²) in [5.74, 6) is -1.74. The fraction of sp³-hybridized carbons (Fsp3) is 0.464. The van der Waals surface area contributed by atoms with Gasteiger partial charge in [0.05, 0.1) is 11.8 Å². The van der Waals surface area contributed by atoms with E-state index in [-0.39, 0.29) is 36.9 Å². The number of amides is 2. The highest BCUT2D eigenvalue weighted by Gasteiger charge is 2.31. The van der Waals surface area contributed by atoms with Gasteiger partial charge >= 0.3 is 12.1 Å². The van der Waals surface area contributed by atoms with E-state index >= 15 is 0 Å². The summed E-state index contributed by atoms with van der Waals surface area (Å²) in [4.78, 5) is 36.7. The summed E-state index contributed by atoms with van der Waals surface area (Å²) in [7, 11) is 0. The molecule has 0 bridgehead atoms. The van der Waals surface area contributed by atoms with E-state index in [1.807, 2.05) is 31.2 Å². The quantitative estimate of drug-likeness (QED) is 0.485. The Kier molecular flexibility index (Phi) is 8.06. The SMILES string of the molecule is CCCC(CNC(=O)OCC1c2ccccc2-c2ccccc21)C(=O)NC1CCCC(C(=O)O)C1. The number of carbonyl (C=O) groups excluding carboxylic acids is 2. The zero-order chi connectivity index (χ0) is 24.8. The van der Waals surface area contributed by atoms with Gasteiger partial charge in [-0.15, -0.1) is 0 Å². The molecule has 0 aromatic heterocycles. The van der Waals surface area contributed by atoms with E-state index in [0.717, 1.165) is 30.4 Å². The molecule has 2 aliphatic rings. The maximum absolute atomic E-state index is 12.9. The molecule has 0 saturated heterocycles. The van der Waals surface area contributed by atoms with Gasteiger partial charge in [0.25, 0.3) is 0 Å². The number of carboxylic acid groups (broad SMARTS) is 1. The first-order chi connectivity index (χ1) is 17.0. The molecule has 7 heteroatoms. The Balaban J connectivity index is 1.30. The van der Waals surface area contributed by atoms with Crippen molar-refractivity contribution in [2.24, 2.45) is 11.8 Å². The number of carbonyl (C=O) groups is 3. The number of ether oxygens (including phenoxy) is 1. The molecule has 186 valence electrons. The van der Waals surface area contributed by atoms with Crippen LogP contribution in [-0.2, 0) is 14.3 Å². The number of hydrogen-bond donors (Lipinski definition) is 3. The van der Waals surface area contributed by atoms with Crippen molar-refractivity contribution >= 4 is 18.0 Å². The fourth-order valence-corrected chi connectivity index (χ4v) is 5.39. The van der Waals surface area contributed by atoms with Gasteiger partial charge in [-0.3, -0.25) is 9.59 Å². The van der Waals surface area contributed by atoms with Gasteiger partial charge in [0.15, 0.2) is 0 Å². The summed E-state index contributed by atoms with van der Waals surface area (Å²) in [5.41, 5.74) is 4.64. The van der Waals surface area contributed by atoms with Crippen molar-refractivity contribution in [2.75, 3.05) is 13.2 Å². The van der Waals surface area contributed by atoms with Crippen LogP contribution in [0.3, 0.4) is 0 Å². The molecule has 4 rings (SSSR count). The van der Waals surface area contributed by atoms with Gasteiger partial charge in [0.1, 0.15) is 6.61 Å². The van der Waals surface area contributed by atoms with E-state index in [4.69, 9.17) is 4.74 Å². The zero-order valence-corrected chi connectivity index (χ0v) is 20.2. The summed E-state index contributed by atoms with van der Waals surface area (Å²) in [6.45, 7) is 2.41. The molecule has 2 aromatic carbocycles. The lowest BCUT2D eigenvalue weighted by Gasteiger charge is -2.29. The van der Waals surface area contributed by atoms with E-state index in [1.165, 1.54) is 11.1 Å². The average Bonchev–Trinajstić information content (AvgIpc) is 3.19. The molecule has 3 atom stereocenters. The number of hydrogen-bond acceptors (Lipinski definition) is 4. The Morgan fingerprint density at radius 2 is 1.69 bits per heavy atom. The van der Waals surface area contributed by atoms with Gasteiger partial charge in [-0.05, 0) is 47.9 Å². The second kappa shape index (κ2) is 11.4. The number of aliphatic carboxylic acids is 1. The van der Waals surface area contributed by atoms with Gasteiger partial charge in [-0.25, -0.2) is 4.79 Å². The molecular formula is C28H34N2O5. The molecule has 3 unspecified atom stereocenters. The average molecular weight is 479 g/mol. The van der Waals surface area contributed by atoms with Crippen molar-refractivity contribution in [3.8, 4) is 11.1 Å². The van der Waals surface area contributed by atoms with Crippen molar-refractivity contribution in [3.05, 3.63) is 59.7 Å². The summed E-state index contributed by atoms with van der Waals surface area (Å²) in [5, 5.41) is 15.1. The number of benzene rings is 2. The highest BCUT2D eigenvalue weighted by molar-refractivity contribution is 5.81. The summed E-state index contributed by atoms with van der Waals surface area (Å²) in [6.07, 6.45) is 3.58. The Morgan fingerprint density at radius 1 is 1.03 bits per heavy atom. The lowest BCUT2D eigenvalue weighted by molar-refractivity contribution is -0.143. The van der Waals surface area contributed by atoms with E-state index in [1.54, 1.807) is 0 Å². The first-order valence-electron chi connectivity index (χ1n) is 12.6. The van der Waals surface area contributed by atoms with Gasteiger partial charge < -0.3 is 20.5 Å². The third-order valence-corrected chi connectivity index (χ3v) is 7.21. The van der Waals surface area contributed by atoms with E-state index < -0.39 is 18.0 Å². The lowest BCUT2D eigenvalue weighted by Crippen LogP contribution is -2.45. The van der Waals surface area contributed by atoms with E-state index in [9.17, 15) is 19.5 Å². The van der Waals surface area contributed by atoms with Crippen molar-refractivity contribution in [1.29, 1.82) is 0 Å². The number of nitrogens with one attached hydrogen (secondary N) is 2. The molecule has 2 amide bonds. The highest BCUT2D eigenvalue weighted by atomic mass is 16.5. The smallest absolute Gasteiger partial charge is 0.407 e. The highest BCUT2D eigenvalue weighted by Crippen LogP contribution is 2.44. The predicted octanol–water partition coefficient (Wildman–Crippen LogP) is 4.70. The lowest BCUT2D eigenvalue weighted by atomic mass is 9.85. The van der Waals surface area contributed by atoms with Crippen LogP contribution in [0.1, 0.15) is 62.5 Å². The molecule has 0 aliphatic heterocycles. The Hall–Kier alpha value is -3.35. The largest absolute Gasteiger partial charge is 0.481 e. The zero-order valence-electron chi connectivity index (χ0n) is 20.2. The summed E-state index contributed by atoms with van der Waals surface area (Å²) < 4.78 is 5.59. The van der Waals surface area contributed by atoms with Crippen LogP contribution in [0.5, 0.6) is 0 Å². The second-order valence-electron chi connectivity index (χ2n) is 9.60. The monoisotopic (exact) mass is 478 g/mol. The van der Waals surface area contributed by atoms with Crippen LogP contribution < -0.4 is 10.6 Å². The molecule has 3 N–H and O–H groups in total. The van der Waals surface area contributed by atoms with Crippen molar-refractivity contribution in [1.82, 2.24) is 10.6 Å². The Bertz CT molecular complexity index is 1020. The second-order valence-corrected chi connectivity index (χ2v) is 9.60. The van der Waals surface area contributed by atoms with Crippen molar-refractivity contribution in [2.45, 2.75) is 57.4 Å².